The summed E-state index contributed by atoms with van der Waals surface area (Å²) in [5.41, 5.74) is 3.71. The molecular weight excluding hydrogens is 430 g/mol. The number of nitro benzene ring substituents is 1. The summed E-state index contributed by atoms with van der Waals surface area (Å²) >= 11 is 0. The molecule has 0 saturated carbocycles. The van der Waals surface area contributed by atoms with Gasteiger partial charge in [-0.15, -0.1) is 0 Å². The van der Waals surface area contributed by atoms with Gasteiger partial charge in [-0.2, -0.15) is 5.10 Å². The molecule has 1 aliphatic rings. The van der Waals surface area contributed by atoms with Gasteiger partial charge in [-0.05, 0) is 62.3 Å². The van der Waals surface area contributed by atoms with E-state index in [1.54, 1.807) is 18.4 Å². The first-order chi connectivity index (χ1) is 16.7. The zero-order valence-electron chi connectivity index (χ0n) is 18.8. The van der Waals surface area contributed by atoms with E-state index in [9.17, 15) is 10.1 Å². The summed E-state index contributed by atoms with van der Waals surface area (Å²) < 4.78 is 7.60. The van der Waals surface area contributed by atoms with Crippen LogP contribution in [0.4, 0.5) is 5.69 Å². The molecule has 8 heteroatoms. The van der Waals surface area contributed by atoms with E-state index in [2.05, 4.69) is 10.2 Å². The lowest BCUT2D eigenvalue weighted by atomic mass is 10.1. The molecule has 0 aliphatic carbocycles. The molecule has 8 nitrogen and oxygen atoms in total. The summed E-state index contributed by atoms with van der Waals surface area (Å²) in [5.74, 6) is 0.977. The molecule has 4 aromatic rings. The van der Waals surface area contributed by atoms with Gasteiger partial charge in [0.25, 0.3) is 5.69 Å². The maximum Gasteiger partial charge on any atom is 0.269 e. The lowest BCUT2D eigenvalue weighted by Gasteiger charge is -2.26. The van der Waals surface area contributed by atoms with Crippen molar-refractivity contribution in [3.05, 3.63) is 101 Å². The summed E-state index contributed by atoms with van der Waals surface area (Å²) in [6, 6.07) is 20.7. The first-order valence-electron chi connectivity index (χ1n) is 11.6. The highest BCUT2D eigenvalue weighted by Crippen LogP contribution is 2.27. The number of aromatic nitrogens is 2. The fourth-order valence-electron chi connectivity index (χ4n) is 4.52. The summed E-state index contributed by atoms with van der Waals surface area (Å²) in [7, 11) is 0. The molecule has 0 bridgehead atoms. The van der Waals surface area contributed by atoms with Gasteiger partial charge in [0.2, 0.25) is 0 Å². The first kappa shape index (κ1) is 22.1. The molecule has 5 rings (SSSR count). The highest BCUT2D eigenvalue weighted by atomic mass is 16.6. The molecule has 1 unspecified atom stereocenters. The van der Waals surface area contributed by atoms with Gasteiger partial charge in [-0.25, -0.2) is 4.68 Å². The second-order valence-corrected chi connectivity index (χ2v) is 8.49. The largest absolute Gasteiger partial charge is 0.468 e. The highest BCUT2D eigenvalue weighted by molar-refractivity contribution is 5.64. The summed E-state index contributed by atoms with van der Waals surface area (Å²) in [5, 5.41) is 19.5. The van der Waals surface area contributed by atoms with Crippen LogP contribution in [-0.2, 0) is 6.54 Å². The summed E-state index contributed by atoms with van der Waals surface area (Å²) in [6.07, 6.45) is 6.18. The maximum atomic E-state index is 11.1. The van der Waals surface area contributed by atoms with Crippen LogP contribution in [0.15, 0.2) is 83.6 Å². The lowest BCUT2D eigenvalue weighted by molar-refractivity contribution is -0.384. The molecule has 1 fully saturated rings. The van der Waals surface area contributed by atoms with E-state index in [4.69, 9.17) is 9.52 Å². The van der Waals surface area contributed by atoms with Crippen molar-refractivity contribution in [3.8, 4) is 16.9 Å². The molecule has 3 heterocycles. The number of non-ortho nitro benzene ring substituents is 1. The number of nitrogens with one attached hydrogen (secondary N) is 1. The van der Waals surface area contributed by atoms with Crippen LogP contribution in [0.2, 0.25) is 0 Å². The Morgan fingerprint density at radius 2 is 1.79 bits per heavy atom. The van der Waals surface area contributed by atoms with E-state index in [-0.39, 0.29) is 16.7 Å². The van der Waals surface area contributed by atoms with Gasteiger partial charge < -0.3 is 9.73 Å². The fraction of sp³-hybridized carbons (Fsp3) is 0.269. The third-order valence-electron chi connectivity index (χ3n) is 6.27. The van der Waals surface area contributed by atoms with E-state index in [0.29, 0.717) is 6.54 Å². The van der Waals surface area contributed by atoms with Crippen molar-refractivity contribution in [1.29, 1.82) is 0 Å². The number of benzene rings is 2. The molecule has 34 heavy (non-hydrogen) atoms. The second kappa shape index (κ2) is 10.0. The zero-order chi connectivity index (χ0) is 23.3. The molecule has 2 aromatic heterocycles. The van der Waals surface area contributed by atoms with E-state index < -0.39 is 0 Å². The number of hydrogen-bond acceptors (Lipinski definition) is 6. The molecular formula is C26H27N5O3. The van der Waals surface area contributed by atoms with Crippen LogP contribution in [0.5, 0.6) is 0 Å². The maximum absolute atomic E-state index is 11.1. The van der Waals surface area contributed by atoms with E-state index in [0.717, 1.165) is 47.9 Å². The van der Waals surface area contributed by atoms with Crippen molar-refractivity contribution in [2.45, 2.75) is 25.4 Å². The van der Waals surface area contributed by atoms with E-state index >= 15 is 0 Å². The summed E-state index contributed by atoms with van der Waals surface area (Å²) in [6.45, 7) is 3.52. The van der Waals surface area contributed by atoms with Crippen LogP contribution in [0.1, 0.15) is 30.2 Å². The molecule has 0 radical (unpaired) electrons. The van der Waals surface area contributed by atoms with Crippen LogP contribution >= 0.6 is 0 Å². The Morgan fingerprint density at radius 3 is 2.47 bits per heavy atom. The topological polar surface area (TPSA) is 89.4 Å². The summed E-state index contributed by atoms with van der Waals surface area (Å²) in [4.78, 5) is 13.2. The Bertz CT molecular complexity index is 1210. The highest BCUT2D eigenvalue weighted by Gasteiger charge is 2.25. The van der Waals surface area contributed by atoms with Gasteiger partial charge >= 0.3 is 0 Å². The Labute approximate surface area is 198 Å². The predicted molar refractivity (Wildman–Crippen MR) is 130 cm³/mol. The van der Waals surface area contributed by atoms with Crippen molar-refractivity contribution in [1.82, 2.24) is 20.0 Å². The quantitative estimate of drug-likeness (QED) is 0.282. The Morgan fingerprint density at radius 1 is 1.03 bits per heavy atom. The SMILES string of the molecule is O=[N+]([O-])c1ccc(-c2nn(-c3ccccc3)cc2CNCC(c2ccco2)N2CCCC2)cc1. The molecule has 0 amide bonds. The molecule has 1 aliphatic heterocycles. The normalized spacial score (nSPS) is 14.9. The number of para-hydroxylation sites is 1. The number of hydrogen-bond donors (Lipinski definition) is 1. The molecule has 1 N–H and O–H groups in total. The minimum absolute atomic E-state index is 0.0674. The predicted octanol–water partition coefficient (Wildman–Crippen LogP) is 4.97. The number of rotatable bonds is 9. The number of nitrogens with zero attached hydrogens (tertiary/aromatic N) is 4. The van der Waals surface area contributed by atoms with Gasteiger partial charge in [0.1, 0.15) is 5.76 Å². The smallest absolute Gasteiger partial charge is 0.269 e. The molecule has 1 saturated heterocycles. The average molecular weight is 458 g/mol. The molecule has 0 spiro atoms. The first-order valence-corrected chi connectivity index (χ1v) is 11.6. The Kier molecular flexibility index (Phi) is 6.51. The number of likely N-dealkylation sites (tertiary alicyclic amines) is 1. The number of nitro groups is 1. The van der Waals surface area contributed by atoms with Crippen molar-refractivity contribution >= 4 is 5.69 Å². The standard InChI is InChI=1S/C26H27N5O3/c32-31(33)23-12-10-20(11-13-23)26-21(19-30(28-26)22-7-2-1-3-8-22)17-27-18-24(25-9-6-16-34-25)29-14-4-5-15-29/h1-3,6-13,16,19,24,27H,4-5,14-15,17-18H2. The molecule has 2 aromatic carbocycles. The monoisotopic (exact) mass is 457 g/mol. The van der Waals surface area contributed by atoms with Gasteiger partial charge in [0.05, 0.1) is 28.6 Å². The van der Waals surface area contributed by atoms with Crippen LogP contribution < -0.4 is 5.32 Å². The molecule has 174 valence electrons. The van der Waals surface area contributed by atoms with Crippen LogP contribution in [0.25, 0.3) is 16.9 Å². The van der Waals surface area contributed by atoms with Crippen LogP contribution in [-0.4, -0.2) is 39.2 Å². The molecule has 1 atom stereocenters. The van der Waals surface area contributed by atoms with Crippen molar-refractivity contribution in [2.75, 3.05) is 19.6 Å². The Hall–Kier alpha value is -3.75. The van der Waals surface area contributed by atoms with Gasteiger partial charge in [-0.3, -0.25) is 15.0 Å². The lowest BCUT2D eigenvalue weighted by Crippen LogP contribution is -2.33. The van der Waals surface area contributed by atoms with E-state index in [1.807, 2.05) is 53.3 Å². The van der Waals surface area contributed by atoms with Crippen LogP contribution in [0, 0.1) is 10.1 Å². The zero-order valence-corrected chi connectivity index (χ0v) is 18.8. The van der Waals surface area contributed by atoms with Crippen molar-refractivity contribution < 1.29 is 9.34 Å². The third-order valence-corrected chi connectivity index (χ3v) is 6.27. The third kappa shape index (κ3) is 4.78. The average Bonchev–Trinajstić information content (AvgIpc) is 3.65. The number of furan rings is 1. The second-order valence-electron chi connectivity index (χ2n) is 8.49. The Balaban J connectivity index is 1.39. The van der Waals surface area contributed by atoms with Gasteiger partial charge in [0, 0.05) is 42.5 Å². The minimum atomic E-state index is -0.387. The fourth-order valence-corrected chi connectivity index (χ4v) is 4.52. The van der Waals surface area contributed by atoms with Crippen LogP contribution in [0.3, 0.4) is 0 Å². The minimum Gasteiger partial charge on any atom is -0.468 e. The van der Waals surface area contributed by atoms with Gasteiger partial charge in [0.15, 0.2) is 0 Å². The van der Waals surface area contributed by atoms with Crippen molar-refractivity contribution in [2.24, 2.45) is 0 Å². The van der Waals surface area contributed by atoms with Gasteiger partial charge in [-0.1, -0.05) is 18.2 Å². The van der Waals surface area contributed by atoms with Crippen molar-refractivity contribution in [3.63, 3.8) is 0 Å². The van der Waals surface area contributed by atoms with E-state index in [1.165, 1.54) is 25.0 Å².